The van der Waals surface area contributed by atoms with Crippen LogP contribution in [0.2, 0.25) is 0 Å². The van der Waals surface area contributed by atoms with Crippen LogP contribution < -0.4 is 4.74 Å². The topological polar surface area (TPSA) is 55.8 Å². The van der Waals surface area contributed by atoms with Gasteiger partial charge in [-0.3, -0.25) is 0 Å². The van der Waals surface area contributed by atoms with Crippen LogP contribution in [0.1, 0.15) is 49.8 Å². The van der Waals surface area contributed by atoms with E-state index in [9.17, 15) is 9.90 Å². The summed E-state index contributed by atoms with van der Waals surface area (Å²) in [7, 11) is 0. The molecule has 110 valence electrons. The standard InChI is InChI=1S/C16H22O4/c1-2-3-9-19-16(18)11-20-13-8-7-12-5-4-6-15(17)14(12)10-13/h7-8,10,15,17H,2-6,9,11H2,1H3. The number of benzene rings is 1. The first-order valence-electron chi connectivity index (χ1n) is 7.30. The Morgan fingerprint density at radius 3 is 3.10 bits per heavy atom. The summed E-state index contributed by atoms with van der Waals surface area (Å²) in [6.07, 6.45) is 4.24. The average molecular weight is 278 g/mol. The molecule has 1 aromatic rings. The number of aryl methyl sites for hydroxylation is 1. The third kappa shape index (κ3) is 3.97. The molecule has 4 nitrogen and oxygen atoms in total. The first-order chi connectivity index (χ1) is 9.70. The molecule has 4 heteroatoms. The Morgan fingerprint density at radius 1 is 1.45 bits per heavy atom. The lowest BCUT2D eigenvalue weighted by Crippen LogP contribution is -2.16. The summed E-state index contributed by atoms with van der Waals surface area (Å²) in [5.41, 5.74) is 2.09. The lowest BCUT2D eigenvalue weighted by Gasteiger charge is -2.21. The molecule has 0 bridgehead atoms. The van der Waals surface area contributed by atoms with Gasteiger partial charge in [0.2, 0.25) is 0 Å². The van der Waals surface area contributed by atoms with E-state index in [1.54, 1.807) is 0 Å². The lowest BCUT2D eigenvalue weighted by atomic mass is 9.89. The fourth-order valence-corrected chi connectivity index (χ4v) is 2.36. The second kappa shape index (κ2) is 7.29. The summed E-state index contributed by atoms with van der Waals surface area (Å²) in [4.78, 5) is 11.4. The molecule has 1 aliphatic rings. The summed E-state index contributed by atoms with van der Waals surface area (Å²) in [5.74, 6) is 0.258. The number of aliphatic hydroxyl groups excluding tert-OH is 1. The minimum atomic E-state index is -0.418. The van der Waals surface area contributed by atoms with Crippen LogP contribution in [0.4, 0.5) is 0 Å². The fraction of sp³-hybridized carbons (Fsp3) is 0.562. The van der Waals surface area contributed by atoms with E-state index in [4.69, 9.17) is 9.47 Å². The molecule has 1 aromatic carbocycles. The molecule has 0 saturated carbocycles. The molecule has 20 heavy (non-hydrogen) atoms. The first kappa shape index (κ1) is 14.9. The van der Waals surface area contributed by atoms with Crippen molar-refractivity contribution in [2.45, 2.75) is 45.1 Å². The average Bonchev–Trinajstić information content (AvgIpc) is 2.46. The number of unbranched alkanes of at least 4 members (excludes halogenated alkanes) is 1. The Labute approximate surface area is 119 Å². The van der Waals surface area contributed by atoms with Gasteiger partial charge in [0, 0.05) is 0 Å². The maximum absolute atomic E-state index is 11.4. The van der Waals surface area contributed by atoms with E-state index >= 15 is 0 Å². The summed E-state index contributed by atoms with van der Waals surface area (Å²) < 4.78 is 10.5. The number of hydrogen-bond acceptors (Lipinski definition) is 4. The smallest absolute Gasteiger partial charge is 0.344 e. The van der Waals surface area contributed by atoms with Gasteiger partial charge in [0.1, 0.15) is 5.75 Å². The third-order valence-electron chi connectivity index (χ3n) is 3.52. The van der Waals surface area contributed by atoms with Crippen molar-refractivity contribution in [3.05, 3.63) is 29.3 Å². The zero-order valence-corrected chi connectivity index (χ0v) is 11.9. The van der Waals surface area contributed by atoms with Crippen LogP contribution in [-0.2, 0) is 16.0 Å². The highest BCUT2D eigenvalue weighted by Gasteiger charge is 2.18. The number of esters is 1. The van der Waals surface area contributed by atoms with Gasteiger partial charge in [-0.25, -0.2) is 4.79 Å². The molecule has 0 fully saturated rings. The molecule has 1 aliphatic carbocycles. The van der Waals surface area contributed by atoms with E-state index in [0.717, 1.165) is 37.7 Å². The van der Waals surface area contributed by atoms with E-state index in [-0.39, 0.29) is 12.6 Å². The van der Waals surface area contributed by atoms with Crippen molar-refractivity contribution in [1.29, 1.82) is 0 Å². The van der Waals surface area contributed by atoms with Crippen LogP contribution in [0.15, 0.2) is 18.2 Å². The van der Waals surface area contributed by atoms with Crippen molar-refractivity contribution in [1.82, 2.24) is 0 Å². The van der Waals surface area contributed by atoms with Crippen LogP contribution in [0.5, 0.6) is 5.75 Å². The Kier molecular flexibility index (Phi) is 5.41. The normalized spacial score (nSPS) is 17.4. The lowest BCUT2D eigenvalue weighted by molar-refractivity contribution is -0.146. The van der Waals surface area contributed by atoms with Crippen LogP contribution in [0.25, 0.3) is 0 Å². The number of hydrogen-bond donors (Lipinski definition) is 1. The van der Waals surface area contributed by atoms with Gasteiger partial charge in [0.05, 0.1) is 12.7 Å². The van der Waals surface area contributed by atoms with Crippen LogP contribution in [-0.4, -0.2) is 24.3 Å². The van der Waals surface area contributed by atoms with E-state index in [1.807, 2.05) is 25.1 Å². The number of ether oxygens (including phenoxy) is 2. The summed E-state index contributed by atoms with van der Waals surface area (Å²) in [5, 5.41) is 9.96. The zero-order chi connectivity index (χ0) is 14.4. The van der Waals surface area contributed by atoms with Gasteiger partial charge in [0.15, 0.2) is 6.61 Å². The third-order valence-corrected chi connectivity index (χ3v) is 3.52. The van der Waals surface area contributed by atoms with E-state index in [2.05, 4.69) is 0 Å². The molecular formula is C16H22O4. The van der Waals surface area contributed by atoms with Crippen molar-refractivity contribution >= 4 is 5.97 Å². The SMILES string of the molecule is CCCCOC(=O)COc1ccc2c(c1)C(O)CCC2. The molecule has 0 aliphatic heterocycles. The van der Waals surface area contributed by atoms with Crippen LogP contribution in [0.3, 0.4) is 0 Å². The molecule has 1 N–H and O–H groups in total. The molecule has 0 radical (unpaired) electrons. The van der Waals surface area contributed by atoms with Gasteiger partial charge in [-0.2, -0.15) is 0 Å². The van der Waals surface area contributed by atoms with Gasteiger partial charge in [-0.1, -0.05) is 19.4 Å². The highest BCUT2D eigenvalue weighted by molar-refractivity contribution is 5.71. The maximum Gasteiger partial charge on any atom is 0.344 e. The molecule has 0 amide bonds. The number of rotatable bonds is 6. The second-order valence-electron chi connectivity index (χ2n) is 5.13. The summed E-state index contributed by atoms with van der Waals surface area (Å²) in [6.45, 7) is 2.41. The van der Waals surface area contributed by atoms with E-state index < -0.39 is 6.10 Å². The van der Waals surface area contributed by atoms with Gasteiger partial charge < -0.3 is 14.6 Å². The number of aliphatic hydroxyl groups is 1. The summed E-state index contributed by atoms with van der Waals surface area (Å²) in [6, 6.07) is 5.64. The molecule has 2 rings (SSSR count). The predicted octanol–water partition coefficient (Wildman–Crippen LogP) is 2.78. The number of carbonyl (C=O) groups is 1. The molecular weight excluding hydrogens is 256 g/mol. The number of carbonyl (C=O) groups excluding carboxylic acids is 1. The Hall–Kier alpha value is -1.55. The van der Waals surface area contributed by atoms with E-state index in [0.29, 0.717) is 12.4 Å². The van der Waals surface area contributed by atoms with Gasteiger partial charge in [-0.15, -0.1) is 0 Å². The van der Waals surface area contributed by atoms with Gasteiger partial charge in [-0.05, 0) is 48.9 Å². The molecule has 1 unspecified atom stereocenters. The van der Waals surface area contributed by atoms with Crippen LogP contribution in [0, 0.1) is 0 Å². The monoisotopic (exact) mass is 278 g/mol. The Morgan fingerprint density at radius 2 is 2.30 bits per heavy atom. The van der Waals surface area contributed by atoms with Crippen molar-refractivity contribution in [3.63, 3.8) is 0 Å². The van der Waals surface area contributed by atoms with Gasteiger partial charge >= 0.3 is 5.97 Å². The minimum absolute atomic E-state index is 0.0847. The second-order valence-corrected chi connectivity index (χ2v) is 5.13. The fourth-order valence-electron chi connectivity index (χ4n) is 2.36. The van der Waals surface area contributed by atoms with Crippen molar-refractivity contribution in [2.75, 3.05) is 13.2 Å². The molecule has 0 spiro atoms. The first-order valence-corrected chi connectivity index (χ1v) is 7.30. The van der Waals surface area contributed by atoms with E-state index in [1.165, 1.54) is 5.56 Å². The molecule has 1 atom stereocenters. The van der Waals surface area contributed by atoms with Crippen molar-refractivity contribution in [3.8, 4) is 5.75 Å². The zero-order valence-electron chi connectivity index (χ0n) is 11.9. The highest BCUT2D eigenvalue weighted by atomic mass is 16.6. The van der Waals surface area contributed by atoms with Crippen molar-refractivity contribution in [2.24, 2.45) is 0 Å². The Balaban J connectivity index is 1.87. The minimum Gasteiger partial charge on any atom is -0.482 e. The molecule has 0 aromatic heterocycles. The number of fused-ring (bicyclic) bond motifs is 1. The van der Waals surface area contributed by atoms with Crippen molar-refractivity contribution < 1.29 is 19.4 Å². The molecule has 0 heterocycles. The molecule has 0 saturated heterocycles. The highest BCUT2D eigenvalue weighted by Crippen LogP contribution is 2.32. The van der Waals surface area contributed by atoms with Crippen LogP contribution >= 0.6 is 0 Å². The maximum atomic E-state index is 11.4. The largest absolute Gasteiger partial charge is 0.482 e. The Bertz CT molecular complexity index is 456. The predicted molar refractivity (Wildman–Crippen MR) is 75.7 cm³/mol. The summed E-state index contributed by atoms with van der Waals surface area (Å²) >= 11 is 0. The quantitative estimate of drug-likeness (QED) is 0.642. The van der Waals surface area contributed by atoms with Gasteiger partial charge in [0.25, 0.3) is 0 Å².